The van der Waals surface area contributed by atoms with Gasteiger partial charge in [0.15, 0.2) is 0 Å². The molecule has 0 aromatic heterocycles. The molecule has 0 aliphatic carbocycles. The van der Waals surface area contributed by atoms with Crippen LogP contribution in [0.25, 0.3) is 0 Å². The molecular formula is C13H16Cl2FNO. The number of nitrogens with one attached hydrogen (secondary N) is 1. The molecule has 18 heavy (non-hydrogen) atoms. The van der Waals surface area contributed by atoms with E-state index >= 15 is 0 Å². The molecule has 1 unspecified atom stereocenters. The Hall–Kier alpha value is -0.800. The summed E-state index contributed by atoms with van der Waals surface area (Å²) in [7, 11) is 0. The van der Waals surface area contributed by atoms with Gasteiger partial charge in [-0.3, -0.25) is 4.79 Å². The number of hydrogen-bond acceptors (Lipinski definition) is 1. The Morgan fingerprint density at radius 1 is 1.50 bits per heavy atom. The molecule has 1 amide bonds. The SMILES string of the molecule is CCC(CCCl)CNC(=O)c1cc(Cl)ccc1F. The third-order valence-electron chi connectivity index (χ3n) is 2.82. The monoisotopic (exact) mass is 291 g/mol. The first-order chi connectivity index (χ1) is 8.58. The van der Waals surface area contributed by atoms with E-state index in [1.165, 1.54) is 18.2 Å². The molecule has 0 bridgehead atoms. The lowest BCUT2D eigenvalue weighted by Gasteiger charge is -2.14. The molecule has 0 saturated carbocycles. The number of alkyl halides is 1. The van der Waals surface area contributed by atoms with Crippen molar-refractivity contribution in [2.24, 2.45) is 5.92 Å². The summed E-state index contributed by atoms with van der Waals surface area (Å²) in [6, 6.07) is 3.93. The van der Waals surface area contributed by atoms with Crippen LogP contribution in [0.5, 0.6) is 0 Å². The molecule has 1 atom stereocenters. The van der Waals surface area contributed by atoms with E-state index in [0.717, 1.165) is 12.8 Å². The predicted molar refractivity (Wildman–Crippen MR) is 72.9 cm³/mol. The lowest BCUT2D eigenvalue weighted by molar-refractivity contribution is 0.0942. The normalized spacial score (nSPS) is 12.2. The van der Waals surface area contributed by atoms with Crippen molar-refractivity contribution < 1.29 is 9.18 Å². The van der Waals surface area contributed by atoms with Gasteiger partial charge in [-0.2, -0.15) is 0 Å². The number of hydrogen-bond donors (Lipinski definition) is 1. The topological polar surface area (TPSA) is 29.1 Å². The van der Waals surface area contributed by atoms with E-state index in [-0.39, 0.29) is 5.56 Å². The highest BCUT2D eigenvalue weighted by Crippen LogP contribution is 2.15. The van der Waals surface area contributed by atoms with Crippen molar-refractivity contribution in [2.75, 3.05) is 12.4 Å². The van der Waals surface area contributed by atoms with Crippen LogP contribution in [-0.2, 0) is 0 Å². The molecule has 0 aliphatic heterocycles. The number of benzene rings is 1. The van der Waals surface area contributed by atoms with Gasteiger partial charge in [-0.25, -0.2) is 4.39 Å². The van der Waals surface area contributed by atoms with Crippen molar-refractivity contribution in [3.63, 3.8) is 0 Å². The average Bonchev–Trinajstić information content (AvgIpc) is 2.37. The number of carbonyl (C=O) groups excluding carboxylic acids is 1. The quantitative estimate of drug-likeness (QED) is 0.792. The number of halogens is 3. The van der Waals surface area contributed by atoms with Crippen LogP contribution in [0.4, 0.5) is 4.39 Å². The largest absolute Gasteiger partial charge is 0.352 e. The molecular weight excluding hydrogens is 276 g/mol. The van der Waals surface area contributed by atoms with E-state index in [0.29, 0.717) is 23.4 Å². The highest BCUT2D eigenvalue weighted by molar-refractivity contribution is 6.31. The molecule has 1 aromatic rings. The summed E-state index contributed by atoms with van der Waals surface area (Å²) in [4.78, 5) is 11.8. The lowest BCUT2D eigenvalue weighted by atomic mass is 10.0. The maximum Gasteiger partial charge on any atom is 0.254 e. The van der Waals surface area contributed by atoms with Crippen molar-refractivity contribution in [2.45, 2.75) is 19.8 Å². The van der Waals surface area contributed by atoms with E-state index in [9.17, 15) is 9.18 Å². The van der Waals surface area contributed by atoms with Crippen molar-refractivity contribution in [3.05, 3.63) is 34.6 Å². The Morgan fingerprint density at radius 2 is 2.22 bits per heavy atom. The summed E-state index contributed by atoms with van der Waals surface area (Å²) in [5.41, 5.74) is -0.0248. The van der Waals surface area contributed by atoms with Gasteiger partial charge in [0, 0.05) is 17.4 Å². The molecule has 0 aliphatic rings. The number of carbonyl (C=O) groups is 1. The minimum Gasteiger partial charge on any atom is -0.352 e. The summed E-state index contributed by atoms with van der Waals surface area (Å²) >= 11 is 11.4. The van der Waals surface area contributed by atoms with Crippen LogP contribution < -0.4 is 5.32 Å². The smallest absolute Gasteiger partial charge is 0.254 e. The highest BCUT2D eigenvalue weighted by Gasteiger charge is 2.13. The molecule has 0 heterocycles. The van der Waals surface area contributed by atoms with Gasteiger partial charge in [0.1, 0.15) is 5.82 Å². The molecule has 1 N–H and O–H groups in total. The van der Waals surface area contributed by atoms with Crippen LogP contribution >= 0.6 is 23.2 Å². The van der Waals surface area contributed by atoms with Gasteiger partial charge in [-0.15, -0.1) is 11.6 Å². The van der Waals surface area contributed by atoms with E-state index in [2.05, 4.69) is 5.32 Å². The summed E-state index contributed by atoms with van der Waals surface area (Å²) in [5.74, 6) is -0.140. The molecule has 0 fully saturated rings. The first-order valence-electron chi connectivity index (χ1n) is 5.87. The molecule has 0 spiro atoms. The van der Waals surface area contributed by atoms with Gasteiger partial charge in [-0.05, 0) is 30.5 Å². The zero-order valence-corrected chi connectivity index (χ0v) is 11.7. The number of rotatable bonds is 6. The first kappa shape index (κ1) is 15.3. The second kappa shape index (κ2) is 7.59. The Labute approximate surface area is 116 Å². The van der Waals surface area contributed by atoms with E-state index in [1.54, 1.807) is 0 Å². The number of amides is 1. The summed E-state index contributed by atoms with van der Waals surface area (Å²) in [6.07, 6.45) is 1.75. The van der Waals surface area contributed by atoms with Crippen LogP contribution in [0.2, 0.25) is 5.02 Å². The fraction of sp³-hybridized carbons (Fsp3) is 0.462. The summed E-state index contributed by atoms with van der Waals surface area (Å²) in [5, 5.41) is 3.05. The molecule has 2 nitrogen and oxygen atoms in total. The van der Waals surface area contributed by atoms with Crippen molar-refractivity contribution in [3.8, 4) is 0 Å². The Balaban J connectivity index is 2.62. The van der Waals surface area contributed by atoms with Gasteiger partial charge < -0.3 is 5.32 Å². The van der Waals surface area contributed by atoms with E-state index in [4.69, 9.17) is 23.2 Å². The van der Waals surface area contributed by atoms with Crippen LogP contribution in [0.1, 0.15) is 30.1 Å². The Kier molecular flexibility index (Phi) is 6.44. The van der Waals surface area contributed by atoms with Gasteiger partial charge in [0.2, 0.25) is 0 Å². The third kappa shape index (κ3) is 4.46. The van der Waals surface area contributed by atoms with Crippen molar-refractivity contribution in [1.29, 1.82) is 0 Å². The van der Waals surface area contributed by atoms with Crippen LogP contribution in [0.3, 0.4) is 0 Å². The van der Waals surface area contributed by atoms with Gasteiger partial charge in [0.25, 0.3) is 5.91 Å². The summed E-state index contributed by atoms with van der Waals surface area (Å²) in [6.45, 7) is 2.53. The third-order valence-corrected chi connectivity index (χ3v) is 3.27. The summed E-state index contributed by atoms with van der Waals surface area (Å²) < 4.78 is 13.4. The average molecular weight is 292 g/mol. The maximum atomic E-state index is 13.4. The second-order valence-electron chi connectivity index (χ2n) is 4.09. The minimum atomic E-state index is -0.567. The zero-order chi connectivity index (χ0) is 13.5. The lowest BCUT2D eigenvalue weighted by Crippen LogP contribution is -2.30. The molecule has 5 heteroatoms. The minimum absolute atomic E-state index is 0.0248. The van der Waals surface area contributed by atoms with E-state index in [1.807, 2.05) is 6.92 Å². The standard InChI is InChI=1S/C13H16Cl2FNO/c1-2-9(5-6-14)8-17-13(18)11-7-10(15)3-4-12(11)16/h3-4,7,9H,2,5-6,8H2,1H3,(H,17,18). The molecule has 0 radical (unpaired) electrons. The van der Waals surface area contributed by atoms with E-state index < -0.39 is 11.7 Å². The van der Waals surface area contributed by atoms with Crippen molar-refractivity contribution in [1.82, 2.24) is 5.32 Å². The molecule has 0 saturated heterocycles. The highest BCUT2D eigenvalue weighted by atomic mass is 35.5. The van der Waals surface area contributed by atoms with Crippen molar-refractivity contribution >= 4 is 29.1 Å². The second-order valence-corrected chi connectivity index (χ2v) is 4.90. The molecule has 1 aromatic carbocycles. The molecule has 100 valence electrons. The zero-order valence-electron chi connectivity index (χ0n) is 10.2. The van der Waals surface area contributed by atoms with Crippen LogP contribution in [-0.4, -0.2) is 18.3 Å². The van der Waals surface area contributed by atoms with Crippen LogP contribution in [0.15, 0.2) is 18.2 Å². The Morgan fingerprint density at radius 3 is 2.83 bits per heavy atom. The Bertz CT molecular complexity index is 412. The van der Waals surface area contributed by atoms with Gasteiger partial charge in [0.05, 0.1) is 5.56 Å². The molecule has 1 rings (SSSR count). The fourth-order valence-electron chi connectivity index (χ4n) is 1.61. The van der Waals surface area contributed by atoms with Gasteiger partial charge >= 0.3 is 0 Å². The van der Waals surface area contributed by atoms with Crippen LogP contribution in [0, 0.1) is 11.7 Å². The maximum absolute atomic E-state index is 13.4. The first-order valence-corrected chi connectivity index (χ1v) is 6.79. The predicted octanol–water partition coefficient (Wildman–Crippen LogP) is 3.86. The van der Waals surface area contributed by atoms with Gasteiger partial charge in [-0.1, -0.05) is 24.9 Å². The fourth-order valence-corrected chi connectivity index (χ4v) is 2.09.